The highest BCUT2D eigenvalue weighted by Gasteiger charge is 2.23. The summed E-state index contributed by atoms with van der Waals surface area (Å²) in [5, 5.41) is 10.9. The predicted octanol–water partition coefficient (Wildman–Crippen LogP) is 3.72. The van der Waals surface area contributed by atoms with Gasteiger partial charge in [0.1, 0.15) is 13.2 Å². The molecule has 0 amide bonds. The van der Waals surface area contributed by atoms with Crippen molar-refractivity contribution in [2.75, 3.05) is 13.2 Å². The monoisotopic (exact) mass is 282 g/mol. The van der Waals surface area contributed by atoms with E-state index in [0.717, 1.165) is 12.0 Å². The zero-order chi connectivity index (χ0) is 13.2. The normalized spacial score (nSPS) is 20.5. The first kappa shape index (κ1) is 13.1. The van der Waals surface area contributed by atoms with Gasteiger partial charge in [0.15, 0.2) is 11.5 Å². The Morgan fingerprint density at radius 2 is 1.95 bits per heavy atom. The molecule has 104 valence electrons. The molecule has 1 aromatic carbocycles. The molecule has 1 atom stereocenters. The van der Waals surface area contributed by atoms with Crippen LogP contribution in [0, 0.1) is 5.92 Å². The van der Waals surface area contributed by atoms with Crippen molar-refractivity contribution in [1.29, 1.82) is 0 Å². The van der Waals surface area contributed by atoms with Gasteiger partial charge in [-0.2, -0.15) is 0 Å². The fourth-order valence-corrected chi connectivity index (χ4v) is 3.29. The van der Waals surface area contributed by atoms with Crippen molar-refractivity contribution >= 4 is 11.6 Å². The SMILES string of the molecule is OC(CC1CCCC1)c1cc(Cl)c2c(c1)OCCO2. The van der Waals surface area contributed by atoms with Crippen LogP contribution in [0.2, 0.25) is 5.02 Å². The van der Waals surface area contributed by atoms with E-state index in [2.05, 4.69) is 0 Å². The van der Waals surface area contributed by atoms with Crippen LogP contribution < -0.4 is 9.47 Å². The number of rotatable bonds is 3. The Balaban J connectivity index is 1.78. The molecule has 0 spiro atoms. The topological polar surface area (TPSA) is 38.7 Å². The van der Waals surface area contributed by atoms with Gasteiger partial charge < -0.3 is 14.6 Å². The summed E-state index contributed by atoms with van der Waals surface area (Å²) < 4.78 is 11.0. The van der Waals surface area contributed by atoms with Crippen LogP contribution in [0.25, 0.3) is 0 Å². The second kappa shape index (κ2) is 5.59. The molecule has 2 aliphatic rings. The van der Waals surface area contributed by atoms with E-state index >= 15 is 0 Å². The highest BCUT2D eigenvalue weighted by molar-refractivity contribution is 6.32. The van der Waals surface area contributed by atoms with Crippen LogP contribution in [0.1, 0.15) is 43.8 Å². The third-order valence-corrected chi connectivity index (χ3v) is 4.32. The molecule has 0 bridgehead atoms. The van der Waals surface area contributed by atoms with Gasteiger partial charge in [-0.05, 0) is 30.0 Å². The standard InChI is InChI=1S/C15H19ClO3/c16-12-8-11(9-14-15(12)19-6-5-18-14)13(17)7-10-3-1-2-4-10/h8-10,13,17H,1-7H2. The van der Waals surface area contributed by atoms with Crippen molar-refractivity contribution in [1.82, 2.24) is 0 Å². The van der Waals surface area contributed by atoms with Crippen LogP contribution in [0.4, 0.5) is 0 Å². The van der Waals surface area contributed by atoms with Crippen molar-refractivity contribution in [2.24, 2.45) is 5.92 Å². The maximum atomic E-state index is 10.4. The van der Waals surface area contributed by atoms with Crippen LogP contribution in [0.15, 0.2) is 12.1 Å². The van der Waals surface area contributed by atoms with E-state index in [4.69, 9.17) is 21.1 Å². The lowest BCUT2D eigenvalue weighted by Gasteiger charge is -2.22. The molecule has 3 rings (SSSR count). The summed E-state index contributed by atoms with van der Waals surface area (Å²) in [5.41, 5.74) is 0.834. The van der Waals surface area contributed by atoms with Crippen LogP contribution in [-0.4, -0.2) is 18.3 Å². The molecule has 3 nitrogen and oxygen atoms in total. The molecule has 0 saturated heterocycles. The number of ether oxygens (including phenoxy) is 2. The van der Waals surface area contributed by atoms with E-state index < -0.39 is 6.10 Å². The average Bonchev–Trinajstić information content (AvgIpc) is 2.91. The van der Waals surface area contributed by atoms with Crippen LogP contribution >= 0.6 is 11.6 Å². The second-order valence-electron chi connectivity index (χ2n) is 5.43. The van der Waals surface area contributed by atoms with E-state index in [-0.39, 0.29) is 0 Å². The Bertz CT molecular complexity index is 455. The highest BCUT2D eigenvalue weighted by Crippen LogP contribution is 2.41. The lowest BCUT2D eigenvalue weighted by Crippen LogP contribution is -2.16. The molecule has 1 unspecified atom stereocenters. The summed E-state index contributed by atoms with van der Waals surface area (Å²) in [7, 11) is 0. The van der Waals surface area contributed by atoms with Gasteiger partial charge in [-0.3, -0.25) is 0 Å². The highest BCUT2D eigenvalue weighted by atomic mass is 35.5. The number of fused-ring (bicyclic) bond motifs is 1. The number of aliphatic hydroxyl groups excluding tert-OH is 1. The number of hydrogen-bond acceptors (Lipinski definition) is 3. The molecule has 0 radical (unpaired) electrons. The van der Waals surface area contributed by atoms with Crippen LogP contribution in [0.3, 0.4) is 0 Å². The van der Waals surface area contributed by atoms with Crippen LogP contribution in [-0.2, 0) is 0 Å². The Kier molecular flexibility index (Phi) is 3.85. The largest absolute Gasteiger partial charge is 0.486 e. The molecule has 4 heteroatoms. The minimum Gasteiger partial charge on any atom is -0.486 e. The van der Waals surface area contributed by atoms with E-state index in [1.807, 2.05) is 6.07 Å². The zero-order valence-corrected chi connectivity index (χ0v) is 11.7. The summed E-state index contributed by atoms with van der Waals surface area (Å²) in [6.07, 6.45) is 5.40. The summed E-state index contributed by atoms with van der Waals surface area (Å²) >= 11 is 6.19. The average molecular weight is 283 g/mol. The van der Waals surface area contributed by atoms with Crippen molar-refractivity contribution < 1.29 is 14.6 Å². The minimum absolute atomic E-state index is 0.462. The first-order chi connectivity index (χ1) is 9.24. The third-order valence-electron chi connectivity index (χ3n) is 4.04. The lowest BCUT2D eigenvalue weighted by atomic mass is 9.95. The molecule has 1 aliphatic carbocycles. The third kappa shape index (κ3) is 2.82. The summed E-state index contributed by atoms with van der Waals surface area (Å²) in [6, 6.07) is 3.66. The summed E-state index contributed by atoms with van der Waals surface area (Å²) in [4.78, 5) is 0. The van der Waals surface area contributed by atoms with Crippen molar-refractivity contribution in [2.45, 2.75) is 38.2 Å². The molecule has 1 N–H and O–H groups in total. The number of benzene rings is 1. The fraction of sp³-hybridized carbons (Fsp3) is 0.600. The Morgan fingerprint density at radius 3 is 2.74 bits per heavy atom. The molecule has 1 aliphatic heterocycles. The molecule has 1 saturated carbocycles. The lowest BCUT2D eigenvalue weighted by molar-refractivity contribution is 0.142. The zero-order valence-electron chi connectivity index (χ0n) is 10.9. The molecular weight excluding hydrogens is 264 g/mol. The van der Waals surface area contributed by atoms with Gasteiger partial charge in [-0.25, -0.2) is 0 Å². The van der Waals surface area contributed by atoms with Crippen LogP contribution in [0.5, 0.6) is 11.5 Å². The molecular formula is C15H19ClO3. The number of aliphatic hydroxyl groups is 1. The van der Waals surface area contributed by atoms with Gasteiger partial charge in [0.2, 0.25) is 0 Å². The Labute approximate surface area is 118 Å². The van der Waals surface area contributed by atoms with Crippen molar-refractivity contribution in [3.63, 3.8) is 0 Å². The van der Waals surface area contributed by atoms with Gasteiger partial charge in [-0.1, -0.05) is 37.3 Å². The number of hydrogen-bond donors (Lipinski definition) is 1. The summed E-state index contributed by atoms with van der Waals surface area (Å²) in [5.74, 6) is 1.89. The van der Waals surface area contributed by atoms with Gasteiger partial charge in [-0.15, -0.1) is 0 Å². The van der Waals surface area contributed by atoms with Crippen molar-refractivity contribution in [3.8, 4) is 11.5 Å². The van der Waals surface area contributed by atoms with Gasteiger partial charge in [0, 0.05) is 0 Å². The molecule has 1 aromatic rings. The molecule has 19 heavy (non-hydrogen) atoms. The summed E-state index contributed by atoms with van der Waals surface area (Å²) in [6.45, 7) is 1.06. The van der Waals surface area contributed by atoms with E-state index in [0.29, 0.717) is 35.7 Å². The van der Waals surface area contributed by atoms with Gasteiger partial charge in [0.25, 0.3) is 0 Å². The second-order valence-corrected chi connectivity index (χ2v) is 5.84. The first-order valence-electron chi connectivity index (χ1n) is 7.01. The minimum atomic E-state index is -0.462. The van der Waals surface area contributed by atoms with E-state index in [9.17, 15) is 5.11 Å². The molecule has 1 fully saturated rings. The molecule has 1 heterocycles. The van der Waals surface area contributed by atoms with Crippen molar-refractivity contribution in [3.05, 3.63) is 22.7 Å². The van der Waals surface area contributed by atoms with E-state index in [1.165, 1.54) is 25.7 Å². The maximum absolute atomic E-state index is 10.4. The maximum Gasteiger partial charge on any atom is 0.179 e. The Hall–Kier alpha value is -0.930. The smallest absolute Gasteiger partial charge is 0.179 e. The Morgan fingerprint density at radius 1 is 1.21 bits per heavy atom. The molecule has 0 aromatic heterocycles. The van der Waals surface area contributed by atoms with Gasteiger partial charge in [0.05, 0.1) is 11.1 Å². The quantitative estimate of drug-likeness (QED) is 0.918. The first-order valence-corrected chi connectivity index (χ1v) is 7.39. The number of halogens is 1. The fourth-order valence-electron chi connectivity index (χ4n) is 3.02. The van der Waals surface area contributed by atoms with E-state index in [1.54, 1.807) is 6.07 Å². The predicted molar refractivity (Wildman–Crippen MR) is 74.0 cm³/mol. The van der Waals surface area contributed by atoms with Gasteiger partial charge >= 0.3 is 0 Å².